The molecular weight excluding hydrogens is 501 g/mol. The van der Waals surface area contributed by atoms with Crippen LogP contribution in [0, 0.1) is 22.6 Å². The largest absolute Gasteiger partial charge is 0.354 e. The van der Waals surface area contributed by atoms with Crippen molar-refractivity contribution in [3.63, 3.8) is 0 Å². The molecule has 0 bridgehead atoms. The number of hydrogen-bond acceptors (Lipinski definition) is 6. The van der Waals surface area contributed by atoms with Gasteiger partial charge in [-0.3, -0.25) is 14.3 Å². The molecule has 10 heteroatoms. The van der Waals surface area contributed by atoms with E-state index in [2.05, 4.69) is 15.7 Å². The standard InChI is InChI=1S/C25H28FN5O2.C2H6.2CH2O/c1-5-12-28-24(33)22(25(2,3)4)29-23(32)21-18-8-6-7-9-20(18)31(30-21)15-17-11-10-16(14-27)13-19(17)26;3*1-2/h6-11,13,22H,5,12,15H2,1-4H3,(H,28,33)(H,29,32);1-2H3;2*1H2/t22-;;;/m1.../s1. The van der Waals surface area contributed by atoms with Gasteiger partial charge in [-0.1, -0.05) is 65.8 Å². The predicted molar refractivity (Wildman–Crippen MR) is 150 cm³/mol. The van der Waals surface area contributed by atoms with E-state index in [4.69, 9.17) is 14.9 Å². The number of carbonyl (C=O) groups is 4. The zero-order valence-electron chi connectivity index (χ0n) is 23.5. The lowest BCUT2D eigenvalue weighted by atomic mass is 9.86. The number of fused-ring (bicyclic) bond motifs is 1. The molecule has 0 aliphatic heterocycles. The molecule has 0 aliphatic carbocycles. The lowest BCUT2D eigenvalue weighted by molar-refractivity contribution is -0.125. The highest BCUT2D eigenvalue weighted by molar-refractivity contribution is 6.06. The minimum Gasteiger partial charge on any atom is -0.354 e. The number of aromatic nitrogens is 2. The van der Waals surface area contributed by atoms with Crippen LogP contribution in [0.25, 0.3) is 10.9 Å². The van der Waals surface area contributed by atoms with Crippen LogP contribution in [0.5, 0.6) is 0 Å². The number of halogens is 1. The summed E-state index contributed by atoms with van der Waals surface area (Å²) in [6, 6.07) is 12.6. The Kier molecular flexibility index (Phi) is 15.2. The molecule has 0 fully saturated rings. The maximum Gasteiger partial charge on any atom is 0.273 e. The SMILES string of the molecule is C=O.C=O.CC.CCCNC(=O)[C@@H](NC(=O)c1nn(Cc2ccc(C#N)cc2F)c2ccccc12)C(C)(C)C. The summed E-state index contributed by atoms with van der Waals surface area (Å²) >= 11 is 0. The van der Waals surface area contributed by atoms with Gasteiger partial charge in [0.05, 0.1) is 23.7 Å². The van der Waals surface area contributed by atoms with Crippen LogP contribution in [0.15, 0.2) is 42.5 Å². The van der Waals surface area contributed by atoms with E-state index in [-0.39, 0.29) is 23.7 Å². The number of nitrogens with one attached hydrogen (secondary N) is 2. The lowest BCUT2D eigenvalue weighted by Crippen LogP contribution is -2.53. The molecule has 0 saturated carbocycles. The van der Waals surface area contributed by atoms with Crippen molar-refractivity contribution < 1.29 is 23.6 Å². The summed E-state index contributed by atoms with van der Waals surface area (Å²) < 4.78 is 16.0. The monoisotopic (exact) mass is 539 g/mol. The van der Waals surface area contributed by atoms with Crippen LogP contribution in [0.3, 0.4) is 0 Å². The molecule has 2 amide bonds. The molecule has 2 N–H and O–H groups in total. The number of benzene rings is 2. The molecule has 0 unspecified atom stereocenters. The van der Waals surface area contributed by atoms with Crippen LogP contribution >= 0.6 is 0 Å². The predicted octanol–water partition coefficient (Wildman–Crippen LogP) is 4.42. The summed E-state index contributed by atoms with van der Waals surface area (Å²) in [6.07, 6.45) is 0.789. The second kappa shape index (κ2) is 17.2. The van der Waals surface area contributed by atoms with Crippen LogP contribution < -0.4 is 10.6 Å². The molecular formula is C29H38FN5O4. The van der Waals surface area contributed by atoms with Gasteiger partial charge in [-0.05, 0) is 30.0 Å². The maximum absolute atomic E-state index is 14.5. The van der Waals surface area contributed by atoms with Gasteiger partial charge in [0.15, 0.2) is 5.69 Å². The number of nitriles is 1. The fourth-order valence-corrected chi connectivity index (χ4v) is 3.55. The Morgan fingerprint density at radius 1 is 1.10 bits per heavy atom. The van der Waals surface area contributed by atoms with E-state index in [9.17, 15) is 14.0 Å². The Labute approximate surface area is 229 Å². The summed E-state index contributed by atoms with van der Waals surface area (Å²) in [5.74, 6) is -1.24. The molecule has 210 valence electrons. The highest BCUT2D eigenvalue weighted by Crippen LogP contribution is 2.23. The van der Waals surface area contributed by atoms with Crippen molar-refractivity contribution in [2.75, 3.05) is 6.54 Å². The van der Waals surface area contributed by atoms with Gasteiger partial charge in [-0.2, -0.15) is 10.4 Å². The van der Waals surface area contributed by atoms with Crippen molar-refractivity contribution in [2.45, 2.75) is 60.5 Å². The highest BCUT2D eigenvalue weighted by atomic mass is 19.1. The average Bonchev–Trinajstić information content (AvgIpc) is 3.32. The van der Waals surface area contributed by atoms with E-state index in [0.29, 0.717) is 23.0 Å². The van der Waals surface area contributed by atoms with Gasteiger partial charge in [0.1, 0.15) is 25.4 Å². The summed E-state index contributed by atoms with van der Waals surface area (Å²) in [5.41, 5.74) is 0.889. The van der Waals surface area contributed by atoms with Crippen molar-refractivity contribution >= 4 is 36.3 Å². The lowest BCUT2D eigenvalue weighted by Gasteiger charge is -2.30. The maximum atomic E-state index is 14.5. The number of nitrogens with zero attached hydrogens (tertiary/aromatic N) is 3. The van der Waals surface area contributed by atoms with E-state index < -0.39 is 23.2 Å². The first kappa shape index (κ1) is 34.6. The van der Waals surface area contributed by atoms with Gasteiger partial charge in [0, 0.05) is 17.5 Å². The molecule has 1 aromatic heterocycles. The molecule has 9 nitrogen and oxygen atoms in total. The second-order valence-electron chi connectivity index (χ2n) is 9.00. The third kappa shape index (κ3) is 9.45. The van der Waals surface area contributed by atoms with Crippen molar-refractivity contribution in [3.8, 4) is 6.07 Å². The van der Waals surface area contributed by atoms with E-state index in [1.807, 2.05) is 67.3 Å². The molecule has 3 rings (SSSR count). The number of rotatable bonds is 7. The molecule has 3 aromatic rings. The molecule has 0 aliphatic rings. The zero-order valence-corrected chi connectivity index (χ0v) is 23.5. The van der Waals surface area contributed by atoms with Crippen LogP contribution in [0.1, 0.15) is 69.6 Å². The van der Waals surface area contributed by atoms with Gasteiger partial charge < -0.3 is 20.2 Å². The smallest absolute Gasteiger partial charge is 0.273 e. The Hall–Kier alpha value is -4.39. The van der Waals surface area contributed by atoms with E-state index in [0.717, 1.165) is 6.42 Å². The summed E-state index contributed by atoms with van der Waals surface area (Å²) in [5, 5.41) is 19.7. The topological polar surface area (TPSA) is 134 Å². The van der Waals surface area contributed by atoms with Crippen molar-refractivity contribution in [3.05, 3.63) is 65.1 Å². The van der Waals surface area contributed by atoms with Crippen LogP contribution in [0.4, 0.5) is 4.39 Å². The van der Waals surface area contributed by atoms with Gasteiger partial charge in [0.25, 0.3) is 5.91 Å². The van der Waals surface area contributed by atoms with Gasteiger partial charge in [0.2, 0.25) is 5.91 Å². The Morgan fingerprint density at radius 2 is 1.72 bits per heavy atom. The quantitative estimate of drug-likeness (QED) is 0.456. The summed E-state index contributed by atoms with van der Waals surface area (Å²) in [7, 11) is 0. The summed E-state index contributed by atoms with van der Waals surface area (Å²) in [4.78, 5) is 41.9. The molecule has 0 saturated heterocycles. The first-order valence-corrected chi connectivity index (χ1v) is 12.5. The fraction of sp³-hybridized carbons (Fsp3) is 0.379. The number of hydrogen-bond donors (Lipinski definition) is 2. The average molecular weight is 540 g/mol. The summed E-state index contributed by atoms with van der Waals surface area (Å²) in [6.45, 7) is 16.2. The zero-order chi connectivity index (χ0) is 30.2. The number of amides is 2. The Bertz CT molecular complexity index is 1260. The van der Waals surface area contributed by atoms with Gasteiger partial charge in [-0.15, -0.1) is 0 Å². The minimum absolute atomic E-state index is 0.0883. The minimum atomic E-state index is -0.753. The van der Waals surface area contributed by atoms with Crippen molar-refractivity contribution in [1.29, 1.82) is 5.26 Å². The van der Waals surface area contributed by atoms with Crippen LogP contribution in [-0.2, 0) is 20.9 Å². The van der Waals surface area contributed by atoms with E-state index in [1.165, 1.54) is 12.1 Å². The van der Waals surface area contributed by atoms with Crippen LogP contribution in [-0.4, -0.2) is 47.8 Å². The number of para-hydroxylation sites is 1. The van der Waals surface area contributed by atoms with Crippen molar-refractivity contribution in [2.24, 2.45) is 5.41 Å². The molecule has 1 heterocycles. The third-order valence-electron chi connectivity index (χ3n) is 5.33. The van der Waals surface area contributed by atoms with Gasteiger partial charge >= 0.3 is 0 Å². The highest BCUT2D eigenvalue weighted by Gasteiger charge is 2.33. The fourth-order valence-electron chi connectivity index (χ4n) is 3.55. The second-order valence-corrected chi connectivity index (χ2v) is 9.00. The first-order valence-electron chi connectivity index (χ1n) is 12.5. The molecule has 39 heavy (non-hydrogen) atoms. The number of carbonyl (C=O) groups excluding carboxylic acids is 4. The first-order chi connectivity index (χ1) is 18.7. The Balaban J connectivity index is 0.00000225. The normalized spacial score (nSPS) is 10.7. The molecule has 0 radical (unpaired) electrons. The third-order valence-corrected chi connectivity index (χ3v) is 5.33. The molecule has 0 spiro atoms. The van der Waals surface area contributed by atoms with Gasteiger partial charge in [-0.25, -0.2) is 4.39 Å². The van der Waals surface area contributed by atoms with E-state index >= 15 is 0 Å². The van der Waals surface area contributed by atoms with Crippen molar-refractivity contribution in [1.82, 2.24) is 20.4 Å². The molecule has 1 atom stereocenters. The Morgan fingerprint density at radius 3 is 2.26 bits per heavy atom. The van der Waals surface area contributed by atoms with E-state index in [1.54, 1.807) is 28.9 Å². The molecule has 2 aromatic carbocycles. The van der Waals surface area contributed by atoms with Crippen LogP contribution in [0.2, 0.25) is 0 Å².